The van der Waals surface area contributed by atoms with E-state index in [1.54, 1.807) is 0 Å². The third-order valence-electron chi connectivity index (χ3n) is 3.39. The third-order valence-corrected chi connectivity index (χ3v) is 4.24. The van der Waals surface area contributed by atoms with Crippen LogP contribution >= 0.6 is 11.5 Å². The molecule has 1 aromatic carbocycles. The van der Waals surface area contributed by atoms with Gasteiger partial charge in [-0.1, -0.05) is 62.7 Å². The number of unbranched alkanes of at least 4 members (excludes halogenated alkanes) is 5. The zero-order chi connectivity index (χ0) is 12.8. The molecule has 98 valence electrons. The van der Waals surface area contributed by atoms with Gasteiger partial charge in [-0.25, -0.2) is 0 Å². The van der Waals surface area contributed by atoms with Crippen LogP contribution in [-0.4, -0.2) is 4.37 Å². The highest BCUT2D eigenvalue weighted by Crippen LogP contribution is 2.20. The molecule has 18 heavy (non-hydrogen) atoms. The summed E-state index contributed by atoms with van der Waals surface area (Å²) >= 11 is 1.44. The fourth-order valence-corrected chi connectivity index (χ4v) is 3.15. The fraction of sp³-hybridized carbons (Fsp3) is 0.533. The summed E-state index contributed by atoms with van der Waals surface area (Å²) in [6.45, 7) is 2.24. The van der Waals surface area contributed by atoms with Crippen LogP contribution in [0.3, 0.4) is 0 Å². The summed E-state index contributed by atoms with van der Waals surface area (Å²) in [7, 11) is 0. The molecule has 2 nitrogen and oxygen atoms in total. The summed E-state index contributed by atoms with van der Waals surface area (Å²) in [6, 6.07) is 6.16. The number of fused-ring (bicyclic) bond motifs is 1. The molecule has 0 unspecified atom stereocenters. The molecule has 2 rings (SSSR count). The number of benzene rings is 1. The number of H-pyrrole nitrogens is 1. The molecule has 2 aromatic rings. The van der Waals surface area contributed by atoms with Gasteiger partial charge < -0.3 is 0 Å². The van der Waals surface area contributed by atoms with Crippen molar-refractivity contribution in [2.75, 3.05) is 0 Å². The van der Waals surface area contributed by atoms with Gasteiger partial charge in [0.2, 0.25) is 0 Å². The van der Waals surface area contributed by atoms with Crippen molar-refractivity contribution < 1.29 is 0 Å². The number of rotatable bonds is 7. The standard InChI is InChI=1S/C15H21NOS/c1-2-3-4-5-6-7-9-12-10-8-11-13-14(12)15(17)16-18-13/h8,10-11H,2-7,9H2,1H3,(H,16,17). The maximum atomic E-state index is 11.7. The molecule has 0 aliphatic carbocycles. The van der Waals surface area contributed by atoms with Crippen molar-refractivity contribution in [3.05, 3.63) is 34.1 Å². The van der Waals surface area contributed by atoms with E-state index in [9.17, 15) is 4.79 Å². The van der Waals surface area contributed by atoms with Gasteiger partial charge in [-0.05, 0) is 24.5 Å². The van der Waals surface area contributed by atoms with E-state index in [1.165, 1.54) is 55.6 Å². The molecule has 1 aromatic heterocycles. The minimum absolute atomic E-state index is 0.0802. The van der Waals surface area contributed by atoms with Crippen molar-refractivity contribution in [3.63, 3.8) is 0 Å². The van der Waals surface area contributed by atoms with Gasteiger partial charge in [0.15, 0.2) is 0 Å². The summed E-state index contributed by atoms with van der Waals surface area (Å²) in [5.74, 6) is 0. The molecule has 0 spiro atoms. The molecule has 0 saturated carbocycles. The normalized spacial score (nSPS) is 11.2. The lowest BCUT2D eigenvalue weighted by Crippen LogP contribution is -2.00. The molecular weight excluding hydrogens is 242 g/mol. The summed E-state index contributed by atoms with van der Waals surface area (Å²) in [5.41, 5.74) is 1.29. The topological polar surface area (TPSA) is 32.9 Å². The molecule has 0 aliphatic rings. The monoisotopic (exact) mass is 263 g/mol. The molecule has 0 aliphatic heterocycles. The number of nitrogens with one attached hydrogen (secondary N) is 1. The second kappa shape index (κ2) is 6.74. The number of aromatic amines is 1. The minimum atomic E-state index is 0.0802. The third kappa shape index (κ3) is 3.22. The van der Waals surface area contributed by atoms with Crippen molar-refractivity contribution in [2.24, 2.45) is 0 Å². The predicted molar refractivity (Wildman–Crippen MR) is 79.5 cm³/mol. The van der Waals surface area contributed by atoms with Crippen LogP contribution in [0, 0.1) is 0 Å². The predicted octanol–water partition coefficient (Wildman–Crippen LogP) is 4.49. The van der Waals surface area contributed by atoms with Crippen LogP contribution in [0.2, 0.25) is 0 Å². The Balaban J connectivity index is 1.91. The van der Waals surface area contributed by atoms with Crippen molar-refractivity contribution >= 4 is 21.6 Å². The Morgan fingerprint density at radius 1 is 1.11 bits per heavy atom. The summed E-state index contributed by atoms with van der Waals surface area (Å²) in [4.78, 5) is 11.7. The molecule has 0 amide bonds. The van der Waals surface area contributed by atoms with Gasteiger partial charge >= 0.3 is 0 Å². The van der Waals surface area contributed by atoms with Crippen LogP contribution in [0.1, 0.15) is 51.0 Å². The van der Waals surface area contributed by atoms with Crippen molar-refractivity contribution in [2.45, 2.75) is 51.9 Å². The lowest BCUT2D eigenvalue weighted by atomic mass is 10.0. The van der Waals surface area contributed by atoms with E-state index in [1.807, 2.05) is 6.07 Å². The first kappa shape index (κ1) is 13.3. The highest BCUT2D eigenvalue weighted by atomic mass is 32.1. The lowest BCUT2D eigenvalue weighted by molar-refractivity contribution is 0.608. The van der Waals surface area contributed by atoms with Gasteiger partial charge in [-0.2, -0.15) is 0 Å². The zero-order valence-corrected chi connectivity index (χ0v) is 11.8. The van der Waals surface area contributed by atoms with Gasteiger partial charge in [0.25, 0.3) is 5.56 Å². The molecule has 1 heterocycles. The summed E-state index contributed by atoms with van der Waals surface area (Å²) in [6.07, 6.45) is 8.81. The van der Waals surface area contributed by atoms with Gasteiger partial charge in [0.1, 0.15) is 0 Å². The van der Waals surface area contributed by atoms with Crippen LogP contribution in [0.25, 0.3) is 10.1 Å². The van der Waals surface area contributed by atoms with Gasteiger partial charge in [-0.3, -0.25) is 9.17 Å². The average molecular weight is 263 g/mol. The smallest absolute Gasteiger partial charge is 0.266 e. The highest BCUT2D eigenvalue weighted by molar-refractivity contribution is 7.13. The van der Waals surface area contributed by atoms with Crippen molar-refractivity contribution in [1.29, 1.82) is 0 Å². The Hall–Kier alpha value is -1.09. The maximum absolute atomic E-state index is 11.7. The Bertz CT molecular complexity index is 541. The Morgan fingerprint density at radius 2 is 1.89 bits per heavy atom. The van der Waals surface area contributed by atoms with E-state index in [2.05, 4.69) is 23.4 Å². The molecule has 0 fully saturated rings. The van der Waals surface area contributed by atoms with Crippen LogP contribution in [0.5, 0.6) is 0 Å². The second-order valence-corrected chi connectivity index (χ2v) is 5.69. The van der Waals surface area contributed by atoms with E-state index in [4.69, 9.17) is 0 Å². The zero-order valence-electron chi connectivity index (χ0n) is 11.0. The first-order valence-electron chi connectivity index (χ1n) is 6.92. The quantitative estimate of drug-likeness (QED) is 0.733. The van der Waals surface area contributed by atoms with Gasteiger partial charge in [-0.15, -0.1) is 0 Å². The van der Waals surface area contributed by atoms with Crippen LogP contribution < -0.4 is 5.56 Å². The minimum Gasteiger partial charge on any atom is -0.277 e. The number of aromatic nitrogens is 1. The molecular formula is C15H21NOS. The van der Waals surface area contributed by atoms with E-state index in [0.717, 1.165) is 16.5 Å². The number of hydrogen-bond donors (Lipinski definition) is 1. The molecule has 0 bridgehead atoms. The van der Waals surface area contributed by atoms with Gasteiger partial charge in [0, 0.05) is 0 Å². The average Bonchev–Trinajstić information content (AvgIpc) is 2.76. The molecule has 1 N–H and O–H groups in total. The lowest BCUT2D eigenvalue weighted by Gasteiger charge is -2.02. The fourth-order valence-electron chi connectivity index (χ4n) is 2.38. The molecule has 0 saturated heterocycles. The largest absolute Gasteiger partial charge is 0.277 e. The summed E-state index contributed by atoms with van der Waals surface area (Å²) < 4.78 is 3.91. The second-order valence-electron chi connectivity index (χ2n) is 4.84. The molecule has 0 atom stereocenters. The molecule has 3 heteroatoms. The van der Waals surface area contributed by atoms with Crippen molar-refractivity contribution in [3.8, 4) is 0 Å². The Morgan fingerprint density at radius 3 is 2.72 bits per heavy atom. The highest BCUT2D eigenvalue weighted by Gasteiger charge is 2.06. The van der Waals surface area contributed by atoms with E-state index >= 15 is 0 Å². The van der Waals surface area contributed by atoms with Crippen molar-refractivity contribution in [1.82, 2.24) is 4.37 Å². The Labute approximate surface area is 112 Å². The number of aryl methyl sites for hydroxylation is 1. The van der Waals surface area contributed by atoms with Crippen LogP contribution in [-0.2, 0) is 6.42 Å². The van der Waals surface area contributed by atoms with Crippen LogP contribution in [0.4, 0.5) is 0 Å². The van der Waals surface area contributed by atoms with Gasteiger partial charge in [0.05, 0.1) is 10.1 Å². The molecule has 0 radical (unpaired) electrons. The first-order valence-corrected chi connectivity index (χ1v) is 7.73. The first-order chi connectivity index (χ1) is 8.83. The van der Waals surface area contributed by atoms with Crippen LogP contribution in [0.15, 0.2) is 23.0 Å². The van der Waals surface area contributed by atoms with E-state index < -0.39 is 0 Å². The SMILES string of the molecule is CCCCCCCCc1cccc2s[nH]c(=O)c12. The maximum Gasteiger partial charge on any atom is 0.266 e. The summed E-state index contributed by atoms with van der Waals surface area (Å²) in [5, 5.41) is 0.913. The Kier molecular flexibility index (Phi) is 5.00. The van der Waals surface area contributed by atoms with E-state index in [0.29, 0.717) is 0 Å². The number of hydrogen-bond acceptors (Lipinski definition) is 2. The van der Waals surface area contributed by atoms with E-state index in [-0.39, 0.29) is 5.56 Å².